The van der Waals surface area contributed by atoms with Crippen LogP contribution in [0.1, 0.15) is 25.0 Å². The highest BCUT2D eigenvalue weighted by molar-refractivity contribution is 6.02. The van der Waals surface area contributed by atoms with Gasteiger partial charge in [-0.25, -0.2) is 4.58 Å². The van der Waals surface area contributed by atoms with E-state index in [2.05, 4.69) is 92.2 Å². The van der Waals surface area contributed by atoms with Gasteiger partial charge < -0.3 is 0 Å². The van der Waals surface area contributed by atoms with Crippen LogP contribution in [0.4, 0.5) is 5.69 Å². The molecule has 0 N–H and O–H groups in total. The molecule has 1 unspecified atom stereocenters. The maximum Gasteiger partial charge on any atom is 0.209 e. The number of fused-ring (bicyclic) bond motifs is 3. The molecule has 0 radical (unpaired) electrons. The second-order valence-corrected chi connectivity index (χ2v) is 6.82. The van der Waals surface area contributed by atoms with Crippen molar-refractivity contribution in [3.63, 3.8) is 0 Å². The average molecular weight is 300 g/mol. The molecule has 0 aliphatic carbocycles. The van der Waals surface area contributed by atoms with Crippen molar-refractivity contribution in [2.24, 2.45) is 0 Å². The minimum Gasteiger partial charge on any atom is -0.202 e. The smallest absolute Gasteiger partial charge is 0.202 e. The Morgan fingerprint density at radius 1 is 0.870 bits per heavy atom. The van der Waals surface area contributed by atoms with Crippen LogP contribution >= 0.6 is 0 Å². The minimum atomic E-state index is 0.0340. The van der Waals surface area contributed by atoms with Crippen LogP contribution in [0, 0.1) is 0 Å². The third kappa shape index (κ3) is 2.03. The van der Waals surface area contributed by atoms with E-state index in [-0.39, 0.29) is 5.41 Å². The molecule has 114 valence electrons. The zero-order valence-corrected chi connectivity index (χ0v) is 14.0. The van der Waals surface area contributed by atoms with E-state index in [9.17, 15) is 0 Å². The quantitative estimate of drug-likeness (QED) is 0.580. The van der Waals surface area contributed by atoms with E-state index in [1.165, 1.54) is 33.3 Å². The SMILES string of the molecule is CC1=[N+](C)c2ccc3ccccc3c2C1(C)Cc1ccccc1. The molecule has 23 heavy (non-hydrogen) atoms. The molecule has 0 bridgehead atoms. The molecule has 4 rings (SSSR count). The second-order valence-electron chi connectivity index (χ2n) is 6.82. The molecule has 0 saturated heterocycles. The van der Waals surface area contributed by atoms with Gasteiger partial charge in [-0.1, -0.05) is 54.6 Å². The summed E-state index contributed by atoms with van der Waals surface area (Å²) < 4.78 is 2.37. The highest BCUT2D eigenvalue weighted by Gasteiger charge is 2.46. The van der Waals surface area contributed by atoms with Crippen molar-refractivity contribution in [3.05, 3.63) is 77.9 Å². The van der Waals surface area contributed by atoms with Gasteiger partial charge in [0.25, 0.3) is 0 Å². The number of benzene rings is 3. The zero-order chi connectivity index (χ0) is 16.0. The lowest BCUT2D eigenvalue weighted by atomic mass is 9.73. The first-order valence-electron chi connectivity index (χ1n) is 8.25. The summed E-state index contributed by atoms with van der Waals surface area (Å²) in [5.74, 6) is 0. The number of hydrogen-bond donors (Lipinski definition) is 0. The second kappa shape index (κ2) is 5.06. The Labute approximate surface area is 137 Å². The maximum atomic E-state index is 2.39. The van der Waals surface area contributed by atoms with Gasteiger partial charge in [0, 0.05) is 18.6 Å². The fourth-order valence-electron chi connectivity index (χ4n) is 4.07. The van der Waals surface area contributed by atoms with E-state index < -0.39 is 0 Å². The standard InChI is InChI=1S/C22H22N/c1-16-22(2,15-17-9-5-4-6-10-17)21-19-12-8-7-11-18(19)13-14-20(21)23(16)3/h4-14H,15H2,1-3H3/q+1. The van der Waals surface area contributed by atoms with Crippen LogP contribution < -0.4 is 0 Å². The predicted molar refractivity (Wildman–Crippen MR) is 98.0 cm³/mol. The van der Waals surface area contributed by atoms with Crippen LogP contribution in [0.25, 0.3) is 10.8 Å². The molecule has 3 aromatic rings. The molecular formula is C22H22N+. The van der Waals surface area contributed by atoms with Gasteiger partial charge >= 0.3 is 0 Å². The summed E-state index contributed by atoms with van der Waals surface area (Å²) in [5, 5.41) is 2.71. The molecule has 3 aromatic carbocycles. The van der Waals surface area contributed by atoms with Crippen molar-refractivity contribution in [1.29, 1.82) is 0 Å². The lowest BCUT2D eigenvalue weighted by Crippen LogP contribution is -2.32. The fourth-order valence-corrected chi connectivity index (χ4v) is 4.07. The van der Waals surface area contributed by atoms with Crippen molar-refractivity contribution in [2.45, 2.75) is 25.7 Å². The Morgan fingerprint density at radius 2 is 1.57 bits per heavy atom. The lowest BCUT2D eigenvalue weighted by molar-refractivity contribution is -0.403. The summed E-state index contributed by atoms with van der Waals surface area (Å²) in [6, 6.07) is 24.1. The average Bonchev–Trinajstić information content (AvgIpc) is 2.78. The van der Waals surface area contributed by atoms with Crippen LogP contribution in [-0.4, -0.2) is 17.3 Å². The molecule has 0 amide bonds. The van der Waals surface area contributed by atoms with Gasteiger partial charge in [0.05, 0.1) is 5.41 Å². The topological polar surface area (TPSA) is 3.01 Å². The molecule has 1 aliphatic rings. The predicted octanol–water partition coefficient (Wildman–Crippen LogP) is 5.09. The van der Waals surface area contributed by atoms with Gasteiger partial charge in [0.2, 0.25) is 5.69 Å². The first kappa shape index (κ1) is 14.2. The largest absolute Gasteiger partial charge is 0.209 e. The molecule has 0 saturated carbocycles. The van der Waals surface area contributed by atoms with E-state index in [0.29, 0.717) is 0 Å². The van der Waals surface area contributed by atoms with Crippen molar-refractivity contribution >= 4 is 22.2 Å². The lowest BCUT2D eigenvalue weighted by Gasteiger charge is -2.23. The molecule has 0 aromatic heterocycles. The Balaban J connectivity index is 1.97. The van der Waals surface area contributed by atoms with E-state index >= 15 is 0 Å². The molecule has 1 heterocycles. The zero-order valence-electron chi connectivity index (χ0n) is 14.0. The highest BCUT2D eigenvalue weighted by atomic mass is 15.0. The van der Waals surface area contributed by atoms with Crippen LogP contribution in [0.5, 0.6) is 0 Å². The molecule has 0 spiro atoms. The molecule has 1 atom stereocenters. The summed E-state index contributed by atoms with van der Waals surface area (Å²) >= 11 is 0. The summed E-state index contributed by atoms with van der Waals surface area (Å²) in [7, 11) is 2.19. The van der Waals surface area contributed by atoms with Crippen molar-refractivity contribution < 1.29 is 4.58 Å². The van der Waals surface area contributed by atoms with E-state index in [4.69, 9.17) is 0 Å². The Kier molecular flexibility index (Phi) is 3.12. The Bertz CT molecular complexity index is 921. The fraction of sp³-hybridized carbons (Fsp3) is 0.227. The minimum absolute atomic E-state index is 0.0340. The third-order valence-corrected chi connectivity index (χ3v) is 5.52. The van der Waals surface area contributed by atoms with Gasteiger partial charge in [-0.15, -0.1) is 0 Å². The number of nitrogens with zero attached hydrogens (tertiary/aromatic N) is 1. The van der Waals surface area contributed by atoms with Crippen molar-refractivity contribution in [3.8, 4) is 0 Å². The number of rotatable bonds is 2. The van der Waals surface area contributed by atoms with Crippen LogP contribution in [0.3, 0.4) is 0 Å². The molecule has 1 aliphatic heterocycles. The molecule has 1 nitrogen and oxygen atoms in total. The summed E-state index contributed by atoms with van der Waals surface area (Å²) in [6.07, 6.45) is 1.03. The van der Waals surface area contributed by atoms with Crippen LogP contribution in [0.2, 0.25) is 0 Å². The summed E-state index contributed by atoms with van der Waals surface area (Å²) in [5.41, 5.74) is 5.67. The van der Waals surface area contributed by atoms with E-state index in [1.54, 1.807) is 0 Å². The first-order chi connectivity index (χ1) is 11.1. The van der Waals surface area contributed by atoms with E-state index in [1.807, 2.05) is 0 Å². The Hall–Kier alpha value is -2.41. The van der Waals surface area contributed by atoms with Gasteiger partial charge in [0.1, 0.15) is 7.05 Å². The van der Waals surface area contributed by atoms with E-state index in [0.717, 1.165) is 6.42 Å². The van der Waals surface area contributed by atoms with Crippen LogP contribution in [0.15, 0.2) is 66.7 Å². The van der Waals surface area contributed by atoms with Gasteiger partial charge in [-0.2, -0.15) is 0 Å². The monoisotopic (exact) mass is 300 g/mol. The van der Waals surface area contributed by atoms with Gasteiger partial charge in [0.15, 0.2) is 5.71 Å². The third-order valence-electron chi connectivity index (χ3n) is 5.52. The molecule has 0 fully saturated rings. The Morgan fingerprint density at radius 3 is 2.35 bits per heavy atom. The first-order valence-corrected chi connectivity index (χ1v) is 8.25. The molecule has 1 heteroatoms. The summed E-state index contributed by atoms with van der Waals surface area (Å²) in [6.45, 7) is 4.67. The number of hydrogen-bond acceptors (Lipinski definition) is 0. The van der Waals surface area contributed by atoms with Crippen molar-refractivity contribution in [2.75, 3.05) is 7.05 Å². The normalized spacial score (nSPS) is 20.1. The maximum absolute atomic E-state index is 2.39. The van der Waals surface area contributed by atoms with Gasteiger partial charge in [-0.05, 0) is 35.7 Å². The van der Waals surface area contributed by atoms with Crippen molar-refractivity contribution in [1.82, 2.24) is 0 Å². The highest BCUT2D eigenvalue weighted by Crippen LogP contribution is 2.45. The molecular weight excluding hydrogens is 278 g/mol. The summed E-state index contributed by atoms with van der Waals surface area (Å²) in [4.78, 5) is 0. The van der Waals surface area contributed by atoms with Gasteiger partial charge in [-0.3, -0.25) is 0 Å². The van der Waals surface area contributed by atoms with Crippen LogP contribution in [-0.2, 0) is 11.8 Å².